The number of hydrogen-bond acceptors (Lipinski definition) is 12. The van der Waals surface area contributed by atoms with Crippen LogP contribution in [-0.2, 0) is 38.0 Å². The highest BCUT2D eigenvalue weighted by atomic mass is 16.7. The fourth-order valence-corrected chi connectivity index (χ4v) is 9.41. The molecule has 0 saturated carbocycles. The topological polar surface area (TPSA) is 146 Å². The van der Waals surface area contributed by atoms with E-state index in [0.29, 0.717) is 38.5 Å². The van der Waals surface area contributed by atoms with Gasteiger partial charge in [-0.15, -0.1) is 0 Å². The lowest BCUT2D eigenvalue weighted by molar-refractivity contribution is -0.311. The number of likely N-dealkylation sites (N-methyl/N-ethyl adjacent to an activating group) is 1. The first-order chi connectivity index (χ1) is 23.2. The molecule has 292 valence electrons. The molecule has 0 amide bonds. The van der Waals surface area contributed by atoms with Crippen molar-refractivity contribution in [1.82, 2.24) is 4.90 Å². The van der Waals surface area contributed by atoms with Crippen molar-refractivity contribution >= 4 is 5.97 Å². The summed E-state index contributed by atoms with van der Waals surface area (Å²) in [4.78, 5) is 16.3. The number of nitrogens with zero attached hydrogens (tertiary/aromatic N) is 1. The molecule has 2 bridgehead atoms. The number of carbonyl (C=O) groups excluding carboxylic acids is 1. The molecule has 18 atom stereocenters. The fourth-order valence-electron chi connectivity index (χ4n) is 9.41. The molecule has 4 rings (SSSR count). The molecule has 0 aromatic rings. The third kappa shape index (κ3) is 8.71. The third-order valence-corrected chi connectivity index (χ3v) is 12.3. The van der Waals surface area contributed by atoms with Crippen LogP contribution in [0.4, 0.5) is 0 Å². The van der Waals surface area contributed by atoms with E-state index in [2.05, 4.69) is 6.92 Å². The Morgan fingerprint density at radius 2 is 1.66 bits per heavy atom. The summed E-state index contributed by atoms with van der Waals surface area (Å²) in [6, 6.07) is -0.187. The maximum absolute atomic E-state index is 14.3. The van der Waals surface area contributed by atoms with Crippen LogP contribution in [0.5, 0.6) is 0 Å². The summed E-state index contributed by atoms with van der Waals surface area (Å²) >= 11 is 0. The van der Waals surface area contributed by atoms with Crippen molar-refractivity contribution in [2.24, 2.45) is 23.7 Å². The molecule has 4 aliphatic heterocycles. The van der Waals surface area contributed by atoms with Crippen LogP contribution in [0.3, 0.4) is 0 Å². The summed E-state index contributed by atoms with van der Waals surface area (Å²) < 4.78 is 45.6. The van der Waals surface area contributed by atoms with E-state index in [1.54, 1.807) is 21.0 Å². The molecule has 4 heterocycles. The molecule has 0 aliphatic carbocycles. The standard InChI is InChI=1S/C38H69NO11/c1-14-15-27(40)38(10,43)33-23(5)30-20(2)17-37(9,50-30)32(49-35-29(41)26(39(11)12)16-21(3)46-35)24(6)31(25(7)34(42)48-33)47-28-19-36(8,44-13)18-22(4)45-28/h20-33,35,40-41,43H,14-19H2,1-13H3/t20-,21?,22?,23+,24+,25-,26?,27-,28?,29?,30-,31+,32-,33-,35?,36?,37+,38-/m1/s1. The predicted octanol–water partition coefficient (Wildman–Crippen LogP) is 4.04. The summed E-state index contributed by atoms with van der Waals surface area (Å²) in [5.41, 5.74) is -3.16. The molecule has 0 spiro atoms. The van der Waals surface area contributed by atoms with Crippen LogP contribution in [-0.4, -0.2) is 132 Å². The summed E-state index contributed by atoms with van der Waals surface area (Å²) in [6.07, 6.45) is -3.70. The fraction of sp³-hybridized carbons (Fsp3) is 0.974. The highest BCUT2D eigenvalue weighted by molar-refractivity contribution is 5.73. The van der Waals surface area contributed by atoms with E-state index in [1.165, 1.54) is 0 Å². The molecule has 4 fully saturated rings. The van der Waals surface area contributed by atoms with Gasteiger partial charge in [0.05, 0.1) is 53.7 Å². The number of esters is 1. The summed E-state index contributed by atoms with van der Waals surface area (Å²) in [5, 5.41) is 34.7. The van der Waals surface area contributed by atoms with E-state index in [9.17, 15) is 20.1 Å². The van der Waals surface area contributed by atoms with Crippen LogP contribution in [0.2, 0.25) is 0 Å². The maximum Gasteiger partial charge on any atom is 0.311 e. The minimum atomic E-state index is -1.75. The average molecular weight is 716 g/mol. The van der Waals surface area contributed by atoms with Gasteiger partial charge in [-0.05, 0) is 80.8 Å². The molecular formula is C38H69NO11. The Labute approximate surface area is 300 Å². The van der Waals surface area contributed by atoms with Crippen LogP contribution in [0.25, 0.3) is 0 Å². The minimum absolute atomic E-state index is 0.0274. The highest BCUT2D eigenvalue weighted by Crippen LogP contribution is 2.48. The minimum Gasteiger partial charge on any atom is -0.459 e. The number of cyclic esters (lactones) is 1. The van der Waals surface area contributed by atoms with Gasteiger partial charge in [0.1, 0.15) is 17.8 Å². The number of rotatable bonds is 10. The van der Waals surface area contributed by atoms with E-state index >= 15 is 0 Å². The first-order valence-corrected chi connectivity index (χ1v) is 19.0. The monoisotopic (exact) mass is 715 g/mol. The van der Waals surface area contributed by atoms with Crippen LogP contribution in [0.1, 0.15) is 108 Å². The van der Waals surface area contributed by atoms with Crippen molar-refractivity contribution in [2.75, 3.05) is 21.2 Å². The van der Waals surface area contributed by atoms with Crippen molar-refractivity contribution in [1.29, 1.82) is 0 Å². The average Bonchev–Trinajstić information content (AvgIpc) is 3.34. The number of ether oxygens (including phenoxy) is 7. The lowest BCUT2D eigenvalue weighted by Gasteiger charge is -2.48. The Morgan fingerprint density at radius 1 is 1.00 bits per heavy atom. The number of methoxy groups -OCH3 is 1. The maximum atomic E-state index is 14.3. The van der Waals surface area contributed by atoms with Gasteiger partial charge in [-0.1, -0.05) is 34.1 Å². The van der Waals surface area contributed by atoms with Crippen molar-refractivity contribution in [3.63, 3.8) is 0 Å². The molecular weight excluding hydrogens is 646 g/mol. The zero-order valence-corrected chi connectivity index (χ0v) is 33.0. The molecule has 3 N–H and O–H groups in total. The van der Waals surface area contributed by atoms with Crippen LogP contribution >= 0.6 is 0 Å². The number of aliphatic hydroxyl groups is 3. The van der Waals surface area contributed by atoms with Gasteiger partial charge >= 0.3 is 5.97 Å². The highest BCUT2D eigenvalue weighted by Gasteiger charge is 2.58. The second-order valence-corrected chi connectivity index (χ2v) is 17.1. The van der Waals surface area contributed by atoms with Gasteiger partial charge in [0.15, 0.2) is 12.6 Å². The SMILES string of the molecule is CCC[C@@H](O)[C@@](C)(O)[C@@H]1OC(=O)[C@H](C)[C@@H](OC2CC(C)(OC)CC(C)O2)[C@H](C)[C@@H](OC2OC(C)CC(N(C)C)C2O)[C@]2(C)C[C@@H](C)[C@@H](O2)[C@@H]1C. The summed E-state index contributed by atoms with van der Waals surface area (Å²) in [6.45, 7) is 19.2. The Kier molecular flexibility index (Phi) is 13.6. The Hall–Kier alpha value is -0.930. The van der Waals surface area contributed by atoms with Crippen molar-refractivity contribution in [3.05, 3.63) is 0 Å². The second kappa shape index (κ2) is 16.2. The first kappa shape index (κ1) is 41.8. The van der Waals surface area contributed by atoms with Gasteiger partial charge in [-0.2, -0.15) is 0 Å². The predicted molar refractivity (Wildman–Crippen MR) is 187 cm³/mol. The van der Waals surface area contributed by atoms with E-state index in [-0.39, 0.29) is 24.2 Å². The van der Waals surface area contributed by atoms with Gasteiger partial charge in [-0.25, -0.2) is 0 Å². The van der Waals surface area contributed by atoms with Crippen LogP contribution in [0.15, 0.2) is 0 Å². The molecule has 4 saturated heterocycles. The van der Waals surface area contributed by atoms with Crippen molar-refractivity contribution in [3.8, 4) is 0 Å². The van der Waals surface area contributed by atoms with Crippen molar-refractivity contribution in [2.45, 2.75) is 192 Å². The Bertz CT molecular complexity index is 1120. The van der Waals surface area contributed by atoms with Crippen molar-refractivity contribution < 1.29 is 53.3 Å². The normalized spacial score (nSPS) is 48.1. The lowest BCUT2D eigenvalue weighted by atomic mass is 9.75. The number of aliphatic hydroxyl groups excluding tert-OH is 2. The lowest BCUT2D eigenvalue weighted by Crippen LogP contribution is -2.59. The number of fused-ring (bicyclic) bond motifs is 2. The van der Waals surface area contributed by atoms with E-state index in [4.69, 9.17) is 33.2 Å². The molecule has 50 heavy (non-hydrogen) atoms. The van der Waals surface area contributed by atoms with Crippen LogP contribution < -0.4 is 0 Å². The van der Waals surface area contributed by atoms with Gasteiger partial charge in [-0.3, -0.25) is 4.79 Å². The second-order valence-electron chi connectivity index (χ2n) is 17.1. The van der Waals surface area contributed by atoms with Gasteiger partial charge < -0.3 is 53.4 Å². The smallest absolute Gasteiger partial charge is 0.311 e. The van der Waals surface area contributed by atoms with E-state index in [1.807, 2.05) is 67.5 Å². The largest absolute Gasteiger partial charge is 0.459 e. The zero-order valence-electron chi connectivity index (χ0n) is 33.0. The Morgan fingerprint density at radius 3 is 2.26 bits per heavy atom. The number of carbonyl (C=O) groups is 1. The molecule has 12 heteroatoms. The van der Waals surface area contributed by atoms with Gasteiger partial charge in [0.2, 0.25) is 0 Å². The molecule has 0 radical (unpaired) electrons. The van der Waals surface area contributed by atoms with Gasteiger partial charge in [0.25, 0.3) is 0 Å². The molecule has 12 nitrogen and oxygen atoms in total. The Balaban J connectivity index is 1.82. The molecule has 7 unspecified atom stereocenters. The van der Waals surface area contributed by atoms with E-state index < -0.39 is 89.7 Å². The summed E-state index contributed by atoms with van der Waals surface area (Å²) in [7, 11) is 5.56. The zero-order chi connectivity index (χ0) is 37.5. The third-order valence-electron chi connectivity index (χ3n) is 12.3. The van der Waals surface area contributed by atoms with Crippen LogP contribution in [0, 0.1) is 23.7 Å². The quantitative estimate of drug-likeness (QED) is 0.281. The molecule has 0 aromatic carbocycles. The molecule has 4 aliphatic rings. The van der Waals surface area contributed by atoms with E-state index in [0.717, 1.165) is 0 Å². The molecule has 0 aromatic heterocycles. The number of hydrogen-bond donors (Lipinski definition) is 3. The van der Waals surface area contributed by atoms with Gasteiger partial charge in [0, 0.05) is 37.8 Å². The first-order valence-electron chi connectivity index (χ1n) is 19.0. The summed E-state index contributed by atoms with van der Waals surface area (Å²) in [5.74, 6) is -2.42.